The van der Waals surface area contributed by atoms with Crippen molar-refractivity contribution in [2.45, 2.75) is 103 Å². The van der Waals surface area contributed by atoms with E-state index in [2.05, 4.69) is 133 Å². The SMILES string of the molecule is CC(C)(C)[Si](C)(C)OCC[C@@H](CO[Si](C)(C)C(C)(C)C)N(Cc1ccccc1)Cc1ccccc1. The average Bonchev–Trinajstić information content (AvgIpc) is 2.75. The van der Waals surface area contributed by atoms with Gasteiger partial charge in [-0.2, -0.15) is 0 Å². The van der Waals surface area contributed by atoms with Gasteiger partial charge in [-0.1, -0.05) is 102 Å². The number of hydrogen-bond donors (Lipinski definition) is 0. The third-order valence-corrected chi connectivity index (χ3v) is 17.2. The third-order valence-electron chi connectivity index (χ3n) is 8.14. The Kier molecular flexibility index (Phi) is 10.6. The van der Waals surface area contributed by atoms with Crippen molar-refractivity contribution in [3.05, 3.63) is 71.8 Å². The standard InChI is InChI=1S/C30H51NO2Si2/c1-29(2,3)34(7,8)32-22-21-28(25-33-35(9,10)30(4,5)6)31(23-26-17-13-11-14-18-26)24-27-19-15-12-16-20-27/h11-20,28H,21-25H2,1-10H3/t28-/m0/s1. The molecule has 1 atom stereocenters. The Hall–Kier alpha value is -1.25. The van der Waals surface area contributed by atoms with Gasteiger partial charge >= 0.3 is 0 Å². The molecule has 0 bridgehead atoms. The lowest BCUT2D eigenvalue weighted by atomic mass is 10.1. The van der Waals surface area contributed by atoms with E-state index in [1.807, 2.05) is 0 Å². The summed E-state index contributed by atoms with van der Waals surface area (Å²) < 4.78 is 13.5. The van der Waals surface area contributed by atoms with E-state index in [9.17, 15) is 0 Å². The highest BCUT2D eigenvalue weighted by Crippen LogP contribution is 2.38. The van der Waals surface area contributed by atoms with E-state index in [0.717, 1.165) is 32.7 Å². The van der Waals surface area contributed by atoms with Crippen molar-refractivity contribution < 1.29 is 8.85 Å². The van der Waals surface area contributed by atoms with Crippen LogP contribution in [0, 0.1) is 0 Å². The number of rotatable bonds is 12. The zero-order valence-corrected chi connectivity index (χ0v) is 26.2. The van der Waals surface area contributed by atoms with Gasteiger partial charge in [0.1, 0.15) is 0 Å². The van der Waals surface area contributed by atoms with Crippen LogP contribution in [0.3, 0.4) is 0 Å². The highest BCUT2D eigenvalue weighted by molar-refractivity contribution is 6.74. The molecule has 0 heterocycles. The molecule has 5 heteroatoms. The quantitative estimate of drug-likeness (QED) is 0.266. The second-order valence-electron chi connectivity index (χ2n) is 13.0. The van der Waals surface area contributed by atoms with Crippen LogP contribution in [0.25, 0.3) is 0 Å². The van der Waals surface area contributed by atoms with Gasteiger partial charge < -0.3 is 8.85 Å². The zero-order chi connectivity index (χ0) is 26.3. The summed E-state index contributed by atoms with van der Waals surface area (Å²) >= 11 is 0. The molecule has 0 saturated heterocycles. The minimum atomic E-state index is -1.86. The molecule has 2 aromatic rings. The Balaban J connectivity index is 2.29. The fourth-order valence-electron chi connectivity index (χ4n) is 3.51. The van der Waals surface area contributed by atoms with Crippen LogP contribution >= 0.6 is 0 Å². The van der Waals surface area contributed by atoms with Gasteiger partial charge in [-0.15, -0.1) is 0 Å². The van der Waals surface area contributed by atoms with Crippen molar-refractivity contribution in [2.75, 3.05) is 13.2 Å². The first-order valence-corrected chi connectivity index (χ1v) is 19.0. The van der Waals surface area contributed by atoms with E-state index in [-0.39, 0.29) is 16.1 Å². The smallest absolute Gasteiger partial charge is 0.192 e. The third kappa shape index (κ3) is 9.29. The van der Waals surface area contributed by atoms with Gasteiger partial charge in [-0.25, -0.2) is 0 Å². The van der Waals surface area contributed by atoms with Crippen LogP contribution in [0.15, 0.2) is 60.7 Å². The number of hydrogen-bond acceptors (Lipinski definition) is 3. The van der Waals surface area contributed by atoms with Crippen LogP contribution in [0.1, 0.15) is 59.1 Å². The largest absolute Gasteiger partial charge is 0.417 e. The molecule has 0 amide bonds. The lowest BCUT2D eigenvalue weighted by molar-refractivity contribution is 0.0926. The molecule has 0 aliphatic rings. The maximum absolute atomic E-state index is 6.82. The van der Waals surface area contributed by atoms with Crippen LogP contribution in [0.4, 0.5) is 0 Å². The molecule has 0 aromatic heterocycles. The molecular formula is C30H51NO2Si2. The Morgan fingerprint density at radius 3 is 1.46 bits per heavy atom. The molecule has 2 aromatic carbocycles. The maximum Gasteiger partial charge on any atom is 0.192 e. The maximum atomic E-state index is 6.82. The normalized spacial score (nSPS) is 14.4. The molecule has 3 nitrogen and oxygen atoms in total. The van der Waals surface area contributed by atoms with E-state index in [1.165, 1.54) is 11.1 Å². The summed E-state index contributed by atoms with van der Waals surface area (Å²) in [6.07, 6.45) is 0.973. The lowest BCUT2D eigenvalue weighted by Crippen LogP contribution is -2.47. The second-order valence-corrected chi connectivity index (χ2v) is 22.6. The van der Waals surface area contributed by atoms with Gasteiger partial charge in [0.25, 0.3) is 0 Å². The fourth-order valence-corrected chi connectivity index (χ4v) is 5.61. The van der Waals surface area contributed by atoms with E-state index < -0.39 is 16.6 Å². The molecule has 0 unspecified atom stereocenters. The first-order valence-electron chi connectivity index (χ1n) is 13.2. The van der Waals surface area contributed by atoms with Crippen LogP contribution in [-0.2, 0) is 21.9 Å². The minimum absolute atomic E-state index is 0.193. The van der Waals surface area contributed by atoms with Gasteiger partial charge in [0.05, 0.1) is 0 Å². The monoisotopic (exact) mass is 513 g/mol. The molecule has 0 N–H and O–H groups in total. The predicted octanol–water partition coefficient (Wildman–Crippen LogP) is 8.49. The molecule has 0 aliphatic carbocycles. The molecule has 0 fully saturated rings. The molecule has 2 rings (SSSR count). The highest BCUT2D eigenvalue weighted by atomic mass is 28.4. The highest BCUT2D eigenvalue weighted by Gasteiger charge is 2.39. The van der Waals surface area contributed by atoms with Crippen LogP contribution in [-0.4, -0.2) is 40.8 Å². The van der Waals surface area contributed by atoms with Crippen molar-refractivity contribution in [1.82, 2.24) is 4.90 Å². The Morgan fingerprint density at radius 1 is 0.657 bits per heavy atom. The Morgan fingerprint density at radius 2 is 1.06 bits per heavy atom. The summed E-state index contributed by atoms with van der Waals surface area (Å²) in [4.78, 5) is 2.60. The first-order chi connectivity index (χ1) is 16.1. The van der Waals surface area contributed by atoms with Crippen LogP contribution in [0.5, 0.6) is 0 Å². The van der Waals surface area contributed by atoms with Gasteiger partial charge in [0, 0.05) is 32.3 Å². The summed E-state index contributed by atoms with van der Waals surface area (Å²) in [6.45, 7) is 26.6. The Bertz CT molecular complexity index is 829. The summed E-state index contributed by atoms with van der Waals surface area (Å²) in [5.74, 6) is 0. The van der Waals surface area contributed by atoms with Crippen LogP contribution < -0.4 is 0 Å². The Labute approximate surface area is 218 Å². The summed E-state index contributed by atoms with van der Waals surface area (Å²) in [5, 5.41) is 0.410. The predicted molar refractivity (Wildman–Crippen MR) is 157 cm³/mol. The van der Waals surface area contributed by atoms with E-state index in [4.69, 9.17) is 8.85 Å². The summed E-state index contributed by atoms with van der Waals surface area (Å²) in [6, 6.07) is 21.9. The number of benzene rings is 2. The van der Waals surface area contributed by atoms with Crippen molar-refractivity contribution >= 4 is 16.6 Å². The molecule has 0 radical (unpaired) electrons. The van der Waals surface area contributed by atoms with E-state index >= 15 is 0 Å². The van der Waals surface area contributed by atoms with Crippen molar-refractivity contribution in [2.24, 2.45) is 0 Å². The summed E-state index contributed by atoms with van der Waals surface area (Å²) in [7, 11) is -3.66. The topological polar surface area (TPSA) is 21.7 Å². The van der Waals surface area contributed by atoms with Crippen molar-refractivity contribution in [1.29, 1.82) is 0 Å². The first kappa shape index (κ1) is 30.0. The molecule has 0 saturated carbocycles. The van der Waals surface area contributed by atoms with Gasteiger partial charge in [0.15, 0.2) is 16.6 Å². The van der Waals surface area contributed by atoms with Gasteiger partial charge in [0.2, 0.25) is 0 Å². The second kappa shape index (κ2) is 12.3. The van der Waals surface area contributed by atoms with Crippen molar-refractivity contribution in [3.63, 3.8) is 0 Å². The van der Waals surface area contributed by atoms with E-state index in [0.29, 0.717) is 0 Å². The van der Waals surface area contributed by atoms with Gasteiger partial charge in [-0.05, 0) is 53.8 Å². The zero-order valence-electron chi connectivity index (χ0n) is 24.2. The number of nitrogens with zero attached hydrogens (tertiary/aromatic N) is 1. The van der Waals surface area contributed by atoms with Crippen LogP contribution in [0.2, 0.25) is 36.3 Å². The van der Waals surface area contributed by atoms with E-state index in [1.54, 1.807) is 0 Å². The molecule has 0 spiro atoms. The molecular weight excluding hydrogens is 463 g/mol. The van der Waals surface area contributed by atoms with Crippen molar-refractivity contribution in [3.8, 4) is 0 Å². The lowest BCUT2D eigenvalue weighted by Gasteiger charge is -2.40. The molecule has 35 heavy (non-hydrogen) atoms. The molecule has 196 valence electrons. The minimum Gasteiger partial charge on any atom is -0.417 e. The average molecular weight is 514 g/mol. The summed E-state index contributed by atoms with van der Waals surface area (Å²) in [5.41, 5.74) is 2.68. The van der Waals surface area contributed by atoms with Gasteiger partial charge in [-0.3, -0.25) is 4.90 Å². The fraction of sp³-hybridized carbons (Fsp3) is 0.600. The molecule has 0 aliphatic heterocycles.